The van der Waals surface area contributed by atoms with Crippen molar-refractivity contribution in [3.05, 3.63) is 11.6 Å². The van der Waals surface area contributed by atoms with Gasteiger partial charge in [0.2, 0.25) is 11.7 Å². The van der Waals surface area contributed by atoms with E-state index in [1.165, 1.54) is 11.8 Å². The van der Waals surface area contributed by atoms with E-state index >= 15 is 0 Å². The second-order valence-electron chi connectivity index (χ2n) is 12.6. The Morgan fingerprint density at radius 3 is 2.54 bits per heavy atom. The van der Waals surface area contributed by atoms with Crippen molar-refractivity contribution in [3.8, 4) is 0 Å². The molecule has 0 aromatic heterocycles. The molecule has 3 saturated carbocycles. The van der Waals surface area contributed by atoms with Gasteiger partial charge in [0, 0.05) is 30.6 Å². The third kappa shape index (κ3) is 5.76. The molecule has 0 radical (unpaired) electrons. The van der Waals surface area contributed by atoms with Crippen LogP contribution in [0.4, 0.5) is 0 Å². The first kappa shape index (κ1) is 31.4. The van der Waals surface area contributed by atoms with Crippen LogP contribution in [-0.2, 0) is 33.5 Å². The van der Waals surface area contributed by atoms with Crippen molar-refractivity contribution in [1.82, 2.24) is 5.32 Å². The second-order valence-corrected chi connectivity index (χ2v) is 13.6. The van der Waals surface area contributed by atoms with E-state index in [9.17, 15) is 39.0 Å². The summed E-state index contributed by atoms with van der Waals surface area (Å²) in [5, 5.41) is 23.4. The molecular weight excluding hydrogens is 550 g/mol. The van der Waals surface area contributed by atoms with Crippen LogP contribution in [0.25, 0.3) is 0 Å². The van der Waals surface area contributed by atoms with Crippen LogP contribution in [0.5, 0.6) is 0 Å². The number of carboxylic acids is 1. The molecule has 11 heteroatoms. The number of allylic oxidation sites excluding steroid dienone is 1. The highest BCUT2D eigenvalue weighted by atomic mass is 32.2. The molecule has 4 rings (SSSR count). The predicted molar refractivity (Wildman–Crippen MR) is 150 cm³/mol. The number of carbonyl (C=O) groups is 6. The minimum Gasteiger partial charge on any atom is -0.480 e. The molecule has 10 nitrogen and oxygen atoms in total. The van der Waals surface area contributed by atoms with E-state index in [1.807, 2.05) is 6.26 Å². The molecule has 1 amide bonds. The van der Waals surface area contributed by atoms with Gasteiger partial charge in [-0.2, -0.15) is 11.8 Å². The highest BCUT2D eigenvalue weighted by Crippen LogP contribution is 2.66. The summed E-state index contributed by atoms with van der Waals surface area (Å²) in [5.74, 6) is -2.83. The summed E-state index contributed by atoms with van der Waals surface area (Å²) in [6, 6.07) is -1.05. The average molecular weight is 592 g/mol. The number of ketones is 3. The summed E-state index contributed by atoms with van der Waals surface area (Å²) < 4.78 is 5.13. The zero-order valence-electron chi connectivity index (χ0n) is 24.0. The zero-order chi connectivity index (χ0) is 30.2. The van der Waals surface area contributed by atoms with Crippen LogP contribution < -0.4 is 5.32 Å². The van der Waals surface area contributed by atoms with Crippen LogP contribution in [0.2, 0.25) is 0 Å². The van der Waals surface area contributed by atoms with Gasteiger partial charge in [-0.1, -0.05) is 19.4 Å². The predicted octanol–water partition coefficient (Wildman–Crippen LogP) is 2.64. The fourth-order valence-corrected chi connectivity index (χ4v) is 8.63. The van der Waals surface area contributed by atoms with Gasteiger partial charge in [0.1, 0.15) is 17.4 Å². The Morgan fingerprint density at radius 2 is 1.85 bits per heavy atom. The summed E-state index contributed by atoms with van der Waals surface area (Å²) >= 11 is 1.46. The van der Waals surface area contributed by atoms with Crippen LogP contribution >= 0.6 is 11.8 Å². The summed E-state index contributed by atoms with van der Waals surface area (Å²) in [4.78, 5) is 74.9. The van der Waals surface area contributed by atoms with Crippen molar-refractivity contribution in [2.45, 2.75) is 89.7 Å². The molecule has 3 N–H and O–H groups in total. The molecule has 0 saturated heterocycles. The number of hydrogen-bond donors (Lipinski definition) is 3. The van der Waals surface area contributed by atoms with Crippen molar-refractivity contribution < 1.29 is 43.7 Å². The number of aliphatic carboxylic acids is 1. The molecule has 0 aromatic rings. The minimum atomic E-state index is -1.82. The number of Topliss-reactive ketones (excluding diaryl/α,β-unsaturated/α-hetero) is 2. The van der Waals surface area contributed by atoms with Gasteiger partial charge >= 0.3 is 11.9 Å². The molecule has 7 atom stereocenters. The van der Waals surface area contributed by atoms with Crippen molar-refractivity contribution >= 4 is 47.0 Å². The summed E-state index contributed by atoms with van der Waals surface area (Å²) in [7, 11) is 0. The van der Waals surface area contributed by atoms with Gasteiger partial charge in [-0.3, -0.25) is 24.0 Å². The molecule has 4 aliphatic rings. The van der Waals surface area contributed by atoms with Crippen LogP contribution in [-0.4, -0.2) is 75.7 Å². The lowest BCUT2D eigenvalue weighted by atomic mass is 9.46. The molecule has 0 bridgehead atoms. The van der Waals surface area contributed by atoms with E-state index in [1.54, 1.807) is 13.0 Å². The average Bonchev–Trinajstić information content (AvgIpc) is 3.19. The van der Waals surface area contributed by atoms with Gasteiger partial charge in [0.15, 0.2) is 12.4 Å². The molecule has 226 valence electrons. The number of ether oxygens (including phenoxy) is 1. The third-order valence-electron chi connectivity index (χ3n) is 10.4. The van der Waals surface area contributed by atoms with Gasteiger partial charge in [-0.15, -0.1) is 0 Å². The van der Waals surface area contributed by atoms with Gasteiger partial charge in [0.05, 0.1) is 6.42 Å². The summed E-state index contributed by atoms with van der Waals surface area (Å²) in [6.07, 6.45) is 6.49. The number of amides is 1. The number of carboxylic acid groups (broad SMARTS) is 1. The van der Waals surface area contributed by atoms with E-state index in [2.05, 4.69) is 12.2 Å². The van der Waals surface area contributed by atoms with Crippen molar-refractivity contribution in [1.29, 1.82) is 0 Å². The quantitative estimate of drug-likeness (QED) is 0.304. The Bertz CT molecular complexity index is 1170. The number of rotatable bonds is 11. The van der Waals surface area contributed by atoms with Crippen LogP contribution in [0.3, 0.4) is 0 Å². The number of hydrogen-bond acceptors (Lipinski definition) is 9. The Kier molecular flexibility index (Phi) is 9.18. The molecule has 0 aliphatic heterocycles. The molecule has 0 aromatic carbocycles. The fraction of sp³-hybridized carbons (Fsp3) is 0.733. The summed E-state index contributed by atoms with van der Waals surface area (Å²) in [6.45, 7) is 3.22. The van der Waals surface area contributed by atoms with Crippen molar-refractivity contribution in [3.63, 3.8) is 0 Å². The minimum absolute atomic E-state index is 0.00466. The summed E-state index contributed by atoms with van der Waals surface area (Å²) in [5.41, 5.74) is -2.13. The smallest absolute Gasteiger partial charge is 0.326 e. The van der Waals surface area contributed by atoms with E-state index in [-0.39, 0.29) is 66.8 Å². The Hall–Kier alpha value is -2.53. The molecule has 41 heavy (non-hydrogen) atoms. The van der Waals surface area contributed by atoms with Gasteiger partial charge in [-0.25, -0.2) is 4.79 Å². The largest absolute Gasteiger partial charge is 0.480 e. The molecule has 4 aliphatic carbocycles. The lowest BCUT2D eigenvalue weighted by Crippen LogP contribution is -2.61. The number of esters is 1. The van der Waals surface area contributed by atoms with Crippen LogP contribution in [0.1, 0.15) is 78.1 Å². The van der Waals surface area contributed by atoms with E-state index in [4.69, 9.17) is 4.74 Å². The standard InChI is InChI=1S/C30H41NO9S/c1-28-11-8-18(32)14-17(28)4-5-19-20-9-12-30(39,29(20,2)15-22(33)26(19)28)23(34)16-40-25(36)7-6-24(35)31-21(27(37)38)10-13-41-3/h14,19-21,26,39H,4-13,15-16H2,1-3H3,(H,31,35)(H,37,38)/t19-,20-,21+,26-,28+,29+,30+/m1/s1. The maximum Gasteiger partial charge on any atom is 0.326 e. The maximum absolute atomic E-state index is 13.7. The molecular formula is C30H41NO9S. The monoisotopic (exact) mass is 591 g/mol. The number of carbonyl (C=O) groups excluding carboxylic acids is 5. The second kappa shape index (κ2) is 12.0. The first-order valence-electron chi connectivity index (χ1n) is 14.5. The van der Waals surface area contributed by atoms with Gasteiger partial charge in [-0.05, 0) is 73.9 Å². The fourth-order valence-electron chi connectivity index (χ4n) is 8.16. The number of aliphatic hydroxyl groups is 1. The van der Waals surface area contributed by atoms with Crippen LogP contribution in [0, 0.1) is 28.6 Å². The van der Waals surface area contributed by atoms with E-state index in [0.717, 1.165) is 18.4 Å². The van der Waals surface area contributed by atoms with E-state index < -0.39 is 47.3 Å². The molecule has 0 unspecified atom stereocenters. The van der Waals surface area contributed by atoms with Gasteiger partial charge in [0.25, 0.3) is 0 Å². The van der Waals surface area contributed by atoms with Gasteiger partial charge < -0.3 is 20.3 Å². The SMILES string of the molecule is CSCC[C@H](NC(=O)CCC(=O)OCC(=O)[C@@]1(O)CC[C@@H]2[C@H]3CCC4=CC(=O)CC[C@]4(C)[C@H]3C(=O)C[C@@]21C)C(=O)O. The maximum atomic E-state index is 13.7. The number of thioether (sulfide) groups is 1. The molecule has 0 heterocycles. The van der Waals surface area contributed by atoms with Crippen molar-refractivity contribution in [2.75, 3.05) is 18.6 Å². The zero-order valence-corrected chi connectivity index (χ0v) is 24.8. The third-order valence-corrected chi connectivity index (χ3v) is 11.1. The first-order chi connectivity index (χ1) is 19.3. The van der Waals surface area contributed by atoms with E-state index in [0.29, 0.717) is 25.0 Å². The number of nitrogens with one attached hydrogen (secondary N) is 1. The highest BCUT2D eigenvalue weighted by Gasteiger charge is 2.68. The topological polar surface area (TPSA) is 164 Å². The lowest BCUT2D eigenvalue weighted by Gasteiger charge is -2.57. The molecule has 0 spiro atoms. The first-order valence-corrected chi connectivity index (χ1v) is 15.8. The molecule has 3 fully saturated rings. The van der Waals surface area contributed by atoms with Crippen LogP contribution in [0.15, 0.2) is 11.6 Å². The Labute approximate surface area is 244 Å². The number of fused-ring (bicyclic) bond motifs is 5. The Balaban J connectivity index is 1.36. The Morgan fingerprint density at radius 1 is 1.12 bits per heavy atom. The lowest BCUT2D eigenvalue weighted by molar-refractivity contribution is -0.173. The highest BCUT2D eigenvalue weighted by molar-refractivity contribution is 7.98. The van der Waals surface area contributed by atoms with Crippen molar-refractivity contribution in [2.24, 2.45) is 28.6 Å². The normalized spacial score (nSPS) is 34.9.